The first-order valence-corrected chi connectivity index (χ1v) is 5.47. The standard InChI is InChI=1S/C8H7Br2F2N/c1-4-2-5(8(11)12)7(10)13-6(4)3-9/h2,8H,3H2,1H3. The predicted octanol–water partition coefficient (Wildman–Crippen LogP) is 3.99. The van der Waals surface area contributed by atoms with Gasteiger partial charge in [0.1, 0.15) is 4.60 Å². The van der Waals surface area contributed by atoms with Gasteiger partial charge < -0.3 is 0 Å². The Labute approximate surface area is 91.8 Å². The van der Waals surface area contributed by atoms with Gasteiger partial charge in [0.25, 0.3) is 6.43 Å². The number of nitrogens with zero attached hydrogens (tertiary/aromatic N) is 1. The van der Waals surface area contributed by atoms with Gasteiger partial charge in [-0.2, -0.15) is 0 Å². The zero-order chi connectivity index (χ0) is 10.0. The third-order valence-corrected chi connectivity index (χ3v) is 2.83. The van der Waals surface area contributed by atoms with Gasteiger partial charge in [0.05, 0.1) is 11.3 Å². The Morgan fingerprint density at radius 1 is 1.54 bits per heavy atom. The lowest BCUT2D eigenvalue weighted by molar-refractivity contribution is 0.150. The zero-order valence-electron chi connectivity index (χ0n) is 6.82. The van der Waals surface area contributed by atoms with Gasteiger partial charge in [0.2, 0.25) is 0 Å². The Morgan fingerprint density at radius 3 is 2.62 bits per heavy atom. The molecule has 0 unspecified atom stereocenters. The molecule has 0 aliphatic carbocycles. The summed E-state index contributed by atoms with van der Waals surface area (Å²) in [6.07, 6.45) is -2.48. The number of hydrogen-bond donors (Lipinski definition) is 0. The number of alkyl halides is 3. The van der Waals surface area contributed by atoms with Crippen LogP contribution in [0.3, 0.4) is 0 Å². The fourth-order valence-corrected chi connectivity index (χ4v) is 2.00. The minimum Gasteiger partial charge on any atom is -0.244 e. The highest BCUT2D eigenvalue weighted by Gasteiger charge is 2.14. The van der Waals surface area contributed by atoms with Crippen molar-refractivity contribution < 1.29 is 8.78 Å². The maximum Gasteiger partial charge on any atom is 0.266 e. The molecule has 0 aromatic carbocycles. The number of pyridine rings is 1. The van der Waals surface area contributed by atoms with Crippen LogP contribution in [0.1, 0.15) is 23.2 Å². The fraction of sp³-hybridized carbons (Fsp3) is 0.375. The van der Waals surface area contributed by atoms with E-state index >= 15 is 0 Å². The summed E-state index contributed by atoms with van der Waals surface area (Å²) in [5.41, 5.74) is 1.49. The zero-order valence-corrected chi connectivity index (χ0v) is 9.99. The van der Waals surface area contributed by atoms with Crippen molar-refractivity contribution in [1.29, 1.82) is 0 Å². The quantitative estimate of drug-likeness (QED) is 0.594. The summed E-state index contributed by atoms with van der Waals surface area (Å²) in [7, 11) is 0. The summed E-state index contributed by atoms with van der Waals surface area (Å²) in [4.78, 5) is 4.00. The average molecular weight is 315 g/mol. The van der Waals surface area contributed by atoms with E-state index < -0.39 is 6.43 Å². The number of rotatable bonds is 2. The van der Waals surface area contributed by atoms with Crippen LogP contribution in [0.25, 0.3) is 0 Å². The molecule has 1 rings (SSSR count). The van der Waals surface area contributed by atoms with Gasteiger partial charge in [-0.1, -0.05) is 15.9 Å². The maximum atomic E-state index is 12.4. The molecule has 0 fully saturated rings. The molecule has 0 saturated heterocycles. The molecule has 0 atom stereocenters. The van der Waals surface area contributed by atoms with Crippen LogP contribution >= 0.6 is 31.9 Å². The Hall–Kier alpha value is -0.0300. The van der Waals surface area contributed by atoms with Crippen molar-refractivity contribution in [2.24, 2.45) is 0 Å². The topological polar surface area (TPSA) is 12.9 Å². The second-order valence-electron chi connectivity index (χ2n) is 2.57. The van der Waals surface area contributed by atoms with E-state index in [0.717, 1.165) is 11.3 Å². The highest BCUT2D eigenvalue weighted by Crippen LogP contribution is 2.28. The van der Waals surface area contributed by atoms with Crippen molar-refractivity contribution in [3.8, 4) is 0 Å². The van der Waals surface area contributed by atoms with E-state index in [2.05, 4.69) is 36.8 Å². The van der Waals surface area contributed by atoms with Gasteiger partial charge in [0.15, 0.2) is 0 Å². The monoisotopic (exact) mass is 313 g/mol. The smallest absolute Gasteiger partial charge is 0.244 e. The van der Waals surface area contributed by atoms with Crippen LogP contribution in [-0.4, -0.2) is 4.98 Å². The molecule has 13 heavy (non-hydrogen) atoms. The van der Waals surface area contributed by atoms with Gasteiger partial charge in [-0.25, -0.2) is 13.8 Å². The second kappa shape index (κ2) is 4.46. The van der Waals surface area contributed by atoms with Crippen LogP contribution in [0.15, 0.2) is 10.7 Å². The van der Waals surface area contributed by atoms with E-state index in [1.165, 1.54) is 6.07 Å². The summed E-state index contributed by atoms with van der Waals surface area (Å²) in [5, 5.41) is 0.570. The fourth-order valence-electron chi connectivity index (χ4n) is 0.936. The van der Waals surface area contributed by atoms with Gasteiger partial charge >= 0.3 is 0 Å². The Bertz CT molecular complexity index is 315. The van der Waals surface area contributed by atoms with Gasteiger partial charge in [0, 0.05) is 5.33 Å². The third kappa shape index (κ3) is 2.47. The summed E-state index contributed by atoms with van der Waals surface area (Å²) in [6, 6.07) is 1.46. The number of aromatic nitrogens is 1. The Balaban J connectivity index is 3.20. The maximum absolute atomic E-state index is 12.4. The van der Waals surface area contributed by atoms with Crippen molar-refractivity contribution in [3.63, 3.8) is 0 Å². The SMILES string of the molecule is Cc1cc(C(F)F)c(Br)nc1CBr. The van der Waals surface area contributed by atoms with E-state index in [9.17, 15) is 8.78 Å². The molecular formula is C8H7Br2F2N. The van der Waals surface area contributed by atoms with E-state index in [-0.39, 0.29) is 10.2 Å². The molecule has 0 N–H and O–H groups in total. The molecule has 1 heterocycles. The van der Waals surface area contributed by atoms with Crippen molar-refractivity contribution in [2.45, 2.75) is 18.7 Å². The molecule has 0 radical (unpaired) electrons. The van der Waals surface area contributed by atoms with Crippen molar-refractivity contribution >= 4 is 31.9 Å². The van der Waals surface area contributed by atoms with Crippen molar-refractivity contribution in [1.82, 2.24) is 4.98 Å². The summed E-state index contributed by atoms with van der Waals surface area (Å²) >= 11 is 6.24. The van der Waals surface area contributed by atoms with Crippen molar-refractivity contribution in [2.75, 3.05) is 0 Å². The van der Waals surface area contributed by atoms with Crippen molar-refractivity contribution in [3.05, 3.63) is 27.5 Å². The third-order valence-electron chi connectivity index (χ3n) is 1.66. The van der Waals surface area contributed by atoms with Crippen LogP contribution in [0, 0.1) is 6.92 Å². The first-order chi connectivity index (χ1) is 6.06. The van der Waals surface area contributed by atoms with Gasteiger partial charge in [-0.05, 0) is 34.5 Å². The number of hydrogen-bond acceptors (Lipinski definition) is 1. The molecule has 1 aromatic heterocycles. The summed E-state index contributed by atoms with van der Waals surface area (Å²) < 4.78 is 24.9. The molecular weight excluding hydrogens is 308 g/mol. The highest BCUT2D eigenvalue weighted by molar-refractivity contribution is 9.10. The first kappa shape index (κ1) is 11.0. The average Bonchev–Trinajstić information content (AvgIpc) is 2.07. The predicted molar refractivity (Wildman–Crippen MR) is 54.3 cm³/mol. The normalized spacial score (nSPS) is 10.9. The summed E-state index contributed by atoms with van der Waals surface area (Å²) in [6.45, 7) is 1.77. The van der Waals surface area contributed by atoms with Crippen LogP contribution < -0.4 is 0 Å². The molecule has 0 spiro atoms. The van der Waals surface area contributed by atoms with E-state index in [0.29, 0.717) is 5.33 Å². The lowest BCUT2D eigenvalue weighted by Gasteiger charge is -2.07. The molecule has 72 valence electrons. The van der Waals surface area contributed by atoms with Crippen LogP contribution in [0.2, 0.25) is 0 Å². The minimum atomic E-state index is -2.48. The molecule has 0 bridgehead atoms. The van der Waals surface area contributed by atoms with Crippen LogP contribution in [-0.2, 0) is 5.33 Å². The van der Waals surface area contributed by atoms with Gasteiger partial charge in [-0.3, -0.25) is 0 Å². The van der Waals surface area contributed by atoms with E-state index in [4.69, 9.17) is 0 Å². The first-order valence-electron chi connectivity index (χ1n) is 3.56. The molecule has 0 aliphatic rings. The molecule has 5 heteroatoms. The lowest BCUT2D eigenvalue weighted by Crippen LogP contribution is -1.97. The second-order valence-corrected chi connectivity index (χ2v) is 3.88. The molecule has 1 aromatic rings. The van der Waals surface area contributed by atoms with Crippen LogP contribution in [0.4, 0.5) is 8.78 Å². The number of halogens is 4. The highest BCUT2D eigenvalue weighted by atomic mass is 79.9. The number of aryl methyl sites for hydroxylation is 1. The molecule has 0 saturated carbocycles. The Morgan fingerprint density at radius 2 is 2.15 bits per heavy atom. The molecule has 0 amide bonds. The molecule has 0 aliphatic heterocycles. The summed E-state index contributed by atoms with van der Waals surface area (Å²) in [5.74, 6) is 0. The minimum absolute atomic E-state index is 0.0535. The van der Waals surface area contributed by atoms with E-state index in [1.807, 2.05) is 0 Å². The van der Waals surface area contributed by atoms with Gasteiger partial charge in [-0.15, -0.1) is 0 Å². The lowest BCUT2D eigenvalue weighted by atomic mass is 10.2. The molecule has 1 nitrogen and oxygen atoms in total. The van der Waals surface area contributed by atoms with E-state index in [1.54, 1.807) is 6.92 Å². The Kier molecular flexibility index (Phi) is 3.79. The van der Waals surface area contributed by atoms with Crippen LogP contribution in [0.5, 0.6) is 0 Å². The largest absolute Gasteiger partial charge is 0.266 e.